The Morgan fingerprint density at radius 3 is 1.97 bits per heavy atom. The third kappa shape index (κ3) is 9.83. The van der Waals surface area contributed by atoms with Crippen LogP contribution in [0.25, 0.3) is 61.0 Å². The largest absolute Gasteiger partial charge is 0.364 e. The number of aromatic nitrogens is 2. The van der Waals surface area contributed by atoms with Crippen LogP contribution in [0, 0.1) is 0 Å². The van der Waals surface area contributed by atoms with E-state index in [1.54, 1.807) is 0 Å². The number of rotatable bonds is 15. The molecule has 3 heterocycles. The van der Waals surface area contributed by atoms with E-state index in [4.69, 9.17) is 9.98 Å². The van der Waals surface area contributed by atoms with Gasteiger partial charge in [0.05, 0.1) is 22.6 Å². The highest BCUT2D eigenvalue weighted by molar-refractivity contribution is 6.13. The number of allylic oxidation sites excluding steroid dienone is 10. The van der Waals surface area contributed by atoms with Gasteiger partial charge >= 0.3 is 0 Å². The number of para-hydroxylation sites is 1. The molecule has 7 heteroatoms. The van der Waals surface area contributed by atoms with Crippen LogP contribution in [0.4, 0.5) is 11.4 Å². The lowest BCUT2D eigenvalue weighted by Crippen LogP contribution is -2.41. The first-order valence-corrected chi connectivity index (χ1v) is 27.3. The standard InChI is InChI=1S/C71H63N7/c1-4-6-8-9-26-46-75(57-34-22-13-23-35-57)59-40-44-67-63(49-59)61-47-55(52-28-16-10-17-29-52)38-42-65(61)77(67)70-72-69(54-32-20-12-21-33-54)73-71(74-70)78-66-43-39-56(53-30-18-11-19-31-53)48-62(66)64-50-60(41-45-68(64)78)76(51(3)27-15-7-5-2)58-36-24-14-25-37-58/h4-34,36-39,41-43,45,47-51,57,71H,1,35,40,44,46H2,2-3H3,(H,72,73,74)/b7-5-,8-6-,26-9-,27-15-. The zero-order valence-corrected chi connectivity index (χ0v) is 44.3. The number of nitrogens with zero attached hydrogens (tertiary/aromatic N) is 6. The number of hydrogen-bond acceptors (Lipinski definition) is 5. The number of fused-ring (bicyclic) bond motifs is 6. The smallest absolute Gasteiger partial charge is 0.212 e. The van der Waals surface area contributed by atoms with Crippen molar-refractivity contribution in [3.05, 3.63) is 284 Å². The molecular weight excluding hydrogens is 951 g/mol. The quantitative estimate of drug-likeness (QED) is 0.104. The second-order valence-corrected chi connectivity index (χ2v) is 20.0. The van der Waals surface area contributed by atoms with E-state index in [9.17, 15) is 0 Å². The van der Waals surface area contributed by atoms with Crippen LogP contribution in [0.15, 0.2) is 277 Å². The minimum Gasteiger partial charge on any atom is -0.364 e. The van der Waals surface area contributed by atoms with Gasteiger partial charge in [0.1, 0.15) is 0 Å². The van der Waals surface area contributed by atoms with Crippen LogP contribution in [-0.4, -0.2) is 44.5 Å². The Hall–Kier alpha value is -9.46. The highest BCUT2D eigenvalue weighted by atomic mass is 15.4. The Labute approximate surface area is 458 Å². The number of anilines is 2. The Morgan fingerprint density at radius 2 is 1.29 bits per heavy atom. The molecule has 1 aliphatic heterocycles. The molecule has 0 spiro atoms. The van der Waals surface area contributed by atoms with Crippen molar-refractivity contribution in [2.24, 2.45) is 9.98 Å². The van der Waals surface area contributed by atoms with Crippen LogP contribution >= 0.6 is 0 Å². The normalized spacial score (nSPS) is 16.8. The molecule has 0 saturated heterocycles. The van der Waals surface area contributed by atoms with Gasteiger partial charge in [0.15, 0.2) is 5.84 Å². The summed E-state index contributed by atoms with van der Waals surface area (Å²) in [7, 11) is 0. The Bertz CT molecular complexity index is 3940. The van der Waals surface area contributed by atoms with Crippen molar-refractivity contribution < 1.29 is 0 Å². The van der Waals surface area contributed by atoms with Gasteiger partial charge in [-0.25, -0.2) is 4.99 Å². The van der Waals surface area contributed by atoms with Crippen molar-refractivity contribution in [1.82, 2.24) is 19.4 Å². The lowest BCUT2D eigenvalue weighted by atomic mass is 9.95. The molecule has 2 aromatic heterocycles. The maximum absolute atomic E-state index is 5.59. The summed E-state index contributed by atoms with van der Waals surface area (Å²) in [5.41, 5.74) is 14.9. The lowest BCUT2D eigenvalue weighted by molar-refractivity contribution is 0.311. The molecule has 12 rings (SSSR count). The summed E-state index contributed by atoms with van der Waals surface area (Å²) in [6.07, 6.45) is 32.3. The molecule has 9 aromatic rings. The molecule has 78 heavy (non-hydrogen) atoms. The first kappa shape index (κ1) is 49.4. The summed E-state index contributed by atoms with van der Waals surface area (Å²) in [4.78, 5) is 16.1. The first-order chi connectivity index (χ1) is 38.5. The van der Waals surface area contributed by atoms with Crippen molar-refractivity contribution in [2.75, 3.05) is 11.4 Å². The minimum absolute atomic E-state index is 0.0640. The minimum atomic E-state index is -0.566. The van der Waals surface area contributed by atoms with Gasteiger partial charge < -0.3 is 19.7 Å². The highest BCUT2D eigenvalue weighted by Crippen LogP contribution is 2.42. The highest BCUT2D eigenvalue weighted by Gasteiger charge is 2.31. The van der Waals surface area contributed by atoms with E-state index in [2.05, 4.69) is 294 Å². The molecule has 7 nitrogen and oxygen atoms in total. The van der Waals surface area contributed by atoms with Crippen LogP contribution in [-0.2, 0) is 6.42 Å². The van der Waals surface area contributed by atoms with E-state index < -0.39 is 6.29 Å². The average Bonchev–Trinajstić information content (AvgIpc) is 4.24. The molecule has 3 unspecified atom stereocenters. The van der Waals surface area contributed by atoms with Crippen LogP contribution in [0.5, 0.6) is 0 Å². The molecule has 0 fully saturated rings. The van der Waals surface area contributed by atoms with Crippen LogP contribution < -0.4 is 10.2 Å². The van der Waals surface area contributed by atoms with Crippen molar-refractivity contribution in [1.29, 1.82) is 0 Å². The molecule has 0 bridgehead atoms. The van der Waals surface area contributed by atoms with E-state index in [-0.39, 0.29) is 12.1 Å². The van der Waals surface area contributed by atoms with E-state index in [1.165, 1.54) is 39.0 Å². The number of nitrogens with one attached hydrogen (secondary N) is 1. The van der Waals surface area contributed by atoms with Gasteiger partial charge in [-0.3, -0.25) is 4.57 Å². The Morgan fingerprint density at radius 1 is 0.641 bits per heavy atom. The fourth-order valence-corrected chi connectivity index (χ4v) is 11.5. The van der Waals surface area contributed by atoms with Gasteiger partial charge in [0, 0.05) is 62.6 Å². The van der Waals surface area contributed by atoms with Crippen molar-refractivity contribution in [3.8, 4) is 22.3 Å². The molecule has 0 amide bonds. The van der Waals surface area contributed by atoms with Gasteiger partial charge in [-0.2, -0.15) is 4.99 Å². The Balaban J connectivity index is 1.04. The van der Waals surface area contributed by atoms with Gasteiger partial charge in [-0.1, -0.05) is 207 Å². The van der Waals surface area contributed by atoms with Gasteiger partial charge in [-0.15, -0.1) is 0 Å². The number of hydrogen-bond donors (Lipinski definition) is 1. The van der Waals surface area contributed by atoms with Crippen LogP contribution in [0.1, 0.15) is 49.8 Å². The van der Waals surface area contributed by atoms with Crippen molar-refractivity contribution in [2.45, 2.75) is 51.5 Å². The maximum atomic E-state index is 5.59. The van der Waals surface area contributed by atoms with Gasteiger partial charge in [0.25, 0.3) is 0 Å². The third-order valence-corrected chi connectivity index (χ3v) is 15.2. The number of amidine groups is 1. The fourth-order valence-electron chi connectivity index (χ4n) is 11.5. The predicted octanol–water partition coefficient (Wildman–Crippen LogP) is 16.9. The average molecular weight is 1010 g/mol. The summed E-state index contributed by atoms with van der Waals surface area (Å²) >= 11 is 0. The lowest BCUT2D eigenvalue weighted by Gasteiger charge is -2.35. The zero-order valence-electron chi connectivity index (χ0n) is 44.3. The van der Waals surface area contributed by atoms with Crippen LogP contribution in [0.2, 0.25) is 0 Å². The summed E-state index contributed by atoms with van der Waals surface area (Å²) in [6, 6.07) is 63.6. The molecule has 0 radical (unpaired) electrons. The van der Waals surface area contributed by atoms with E-state index in [0.29, 0.717) is 5.84 Å². The molecule has 1 N–H and O–H groups in total. The maximum Gasteiger partial charge on any atom is 0.212 e. The molecule has 2 aliphatic carbocycles. The third-order valence-electron chi connectivity index (χ3n) is 15.2. The molecule has 3 aliphatic rings. The number of aliphatic imine (C=N–C) groups is 2. The summed E-state index contributed by atoms with van der Waals surface area (Å²) in [5, 5.41) is 7.49. The second-order valence-electron chi connectivity index (χ2n) is 20.0. The van der Waals surface area contributed by atoms with E-state index in [0.717, 1.165) is 81.6 Å². The molecule has 0 saturated carbocycles. The van der Waals surface area contributed by atoms with E-state index in [1.807, 2.05) is 12.2 Å². The molecular formula is C71H63N7. The zero-order chi connectivity index (χ0) is 52.8. The van der Waals surface area contributed by atoms with Crippen molar-refractivity contribution in [3.63, 3.8) is 0 Å². The summed E-state index contributed by atoms with van der Waals surface area (Å²) in [5.74, 6) is 1.41. The second kappa shape index (κ2) is 22.4. The first-order valence-electron chi connectivity index (χ1n) is 27.3. The predicted molar refractivity (Wildman–Crippen MR) is 330 cm³/mol. The van der Waals surface area contributed by atoms with Gasteiger partial charge in [0.2, 0.25) is 12.2 Å². The monoisotopic (exact) mass is 1010 g/mol. The summed E-state index contributed by atoms with van der Waals surface area (Å²) in [6.45, 7) is 8.96. The van der Waals surface area contributed by atoms with Gasteiger partial charge in [-0.05, 0) is 116 Å². The molecule has 7 aromatic carbocycles. The summed E-state index contributed by atoms with van der Waals surface area (Å²) < 4.78 is 4.78. The fraction of sp³-hybridized carbons (Fsp3) is 0.127. The molecule has 382 valence electrons. The number of benzene rings is 7. The topological polar surface area (TPSA) is 53.1 Å². The van der Waals surface area contributed by atoms with E-state index >= 15 is 0 Å². The Kier molecular flexibility index (Phi) is 14.2. The molecule has 3 atom stereocenters. The van der Waals surface area contributed by atoms with Crippen molar-refractivity contribution >= 4 is 62.0 Å². The SMILES string of the molecule is C=C/C=C\C=C/CN(C1=Cc2c(n(C3=NC(c4ccccc4)=NC(n4c5ccc(-c6ccccc6)cc5c5cc(N(c6ccccc6)C(C)/C=C\C=C/C)ccc54)N3)c3ccc(-c4ccccc4)cc23)CC1)C1C=CC=CC1. The van der Waals surface area contributed by atoms with Crippen LogP contribution in [0.3, 0.4) is 0 Å².